The van der Waals surface area contributed by atoms with Crippen molar-refractivity contribution in [3.8, 4) is 0 Å². The summed E-state index contributed by atoms with van der Waals surface area (Å²) in [6.45, 7) is 1.83. The maximum Gasteiger partial charge on any atom is 0.355 e. The van der Waals surface area contributed by atoms with Gasteiger partial charge in [-0.1, -0.05) is 11.8 Å². The molecule has 0 bridgehead atoms. The third-order valence-electron chi connectivity index (χ3n) is 1.33. The van der Waals surface area contributed by atoms with E-state index < -0.39 is 0 Å². The summed E-state index contributed by atoms with van der Waals surface area (Å²) in [5, 5.41) is 2.80. The zero-order chi connectivity index (χ0) is 8.43. The molecule has 0 spiro atoms. The highest BCUT2D eigenvalue weighted by atomic mass is 32.2. The second-order valence-corrected chi connectivity index (χ2v) is 3.46. The lowest BCUT2D eigenvalue weighted by molar-refractivity contribution is -0.136. The van der Waals surface area contributed by atoms with Crippen molar-refractivity contribution < 1.29 is 9.53 Å². The van der Waals surface area contributed by atoms with Gasteiger partial charge in [0.15, 0.2) is 0 Å². The number of carbonyl (C=O) groups is 1. The normalized spacial score (nSPS) is 23.4. The Morgan fingerprint density at radius 3 is 2.82 bits per heavy atom. The van der Waals surface area contributed by atoms with Crippen LogP contribution < -0.4 is 11.1 Å². The topological polar surface area (TPSA) is 64.3 Å². The van der Waals surface area contributed by atoms with Crippen LogP contribution >= 0.6 is 11.8 Å². The molecule has 0 fully saturated rings. The zero-order valence-electron chi connectivity index (χ0n) is 6.38. The lowest BCUT2D eigenvalue weighted by atomic mass is 10.4. The van der Waals surface area contributed by atoms with Gasteiger partial charge in [0.05, 0.1) is 7.11 Å². The summed E-state index contributed by atoms with van der Waals surface area (Å²) < 4.78 is 4.52. The molecule has 0 saturated carbocycles. The second kappa shape index (κ2) is 3.15. The van der Waals surface area contributed by atoms with Gasteiger partial charge in [-0.15, -0.1) is 0 Å². The molecular formula is C6H10N2O2S. The first-order chi connectivity index (χ1) is 5.15. The average molecular weight is 174 g/mol. The van der Waals surface area contributed by atoms with E-state index in [0.717, 1.165) is 4.91 Å². The van der Waals surface area contributed by atoms with E-state index in [4.69, 9.17) is 5.73 Å². The fraction of sp³-hybridized carbons (Fsp3) is 0.500. The smallest absolute Gasteiger partial charge is 0.355 e. The van der Waals surface area contributed by atoms with Crippen LogP contribution in [0.1, 0.15) is 6.92 Å². The molecule has 0 aromatic rings. The Morgan fingerprint density at radius 1 is 1.82 bits per heavy atom. The van der Waals surface area contributed by atoms with Crippen LogP contribution in [0, 0.1) is 0 Å². The SMILES string of the molecule is COC(=O)C1=C(C)SC(N)N1. The number of ether oxygens (including phenoxy) is 1. The quantitative estimate of drug-likeness (QED) is 0.546. The first-order valence-electron chi connectivity index (χ1n) is 3.13. The van der Waals surface area contributed by atoms with Crippen molar-refractivity contribution in [1.82, 2.24) is 5.32 Å². The highest BCUT2D eigenvalue weighted by Gasteiger charge is 2.23. The Hall–Kier alpha value is -0.680. The first-order valence-corrected chi connectivity index (χ1v) is 4.01. The number of nitrogens with one attached hydrogen (secondary N) is 1. The van der Waals surface area contributed by atoms with Gasteiger partial charge in [0.25, 0.3) is 0 Å². The van der Waals surface area contributed by atoms with Crippen molar-refractivity contribution >= 4 is 17.7 Å². The molecule has 3 N–H and O–H groups in total. The van der Waals surface area contributed by atoms with Crippen molar-refractivity contribution in [1.29, 1.82) is 0 Å². The molecule has 0 aliphatic carbocycles. The van der Waals surface area contributed by atoms with Crippen LogP contribution in [0.4, 0.5) is 0 Å². The lowest BCUT2D eigenvalue weighted by Crippen LogP contribution is -2.31. The molecule has 62 valence electrons. The number of hydrogen-bond acceptors (Lipinski definition) is 5. The molecule has 0 aromatic heterocycles. The molecule has 1 unspecified atom stereocenters. The molecule has 1 aliphatic heterocycles. The molecular weight excluding hydrogens is 164 g/mol. The summed E-state index contributed by atoms with van der Waals surface area (Å²) in [6, 6.07) is 0. The second-order valence-electron chi connectivity index (χ2n) is 2.11. The van der Waals surface area contributed by atoms with Crippen molar-refractivity contribution in [2.75, 3.05) is 7.11 Å². The van der Waals surface area contributed by atoms with Gasteiger partial charge < -0.3 is 15.8 Å². The number of carbonyl (C=O) groups excluding carboxylic acids is 1. The Kier molecular flexibility index (Phi) is 2.41. The zero-order valence-corrected chi connectivity index (χ0v) is 7.20. The van der Waals surface area contributed by atoms with Crippen LogP contribution in [-0.4, -0.2) is 18.6 Å². The Balaban J connectivity index is 2.72. The van der Waals surface area contributed by atoms with Gasteiger partial charge >= 0.3 is 5.97 Å². The van der Waals surface area contributed by atoms with Crippen molar-refractivity contribution in [3.05, 3.63) is 10.6 Å². The third kappa shape index (κ3) is 1.66. The van der Waals surface area contributed by atoms with Gasteiger partial charge in [-0.2, -0.15) is 0 Å². The standard InChI is InChI=1S/C6H10N2O2S/c1-3-4(5(9)10-2)8-6(7)11-3/h6,8H,7H2,1-2H3. The Bertz CT molecular complexity index is 215. The summed E-state index contributed by atoms with van der Waals surface area (Å²) >= 11 is 1.42. The van der Waals surface area contributed by atoms with E-state index in [0.29, 0.717) is 5.70 Å². The van der Waals surface area contributed by atoms with Crippen molar-refractivity contribution in [3.63, 3.8) is 0 Å². The van der Waals surface area contributed by atoms with E-state index >= 15 is 0 Å². The van der Waals surface area contributed by atoms with E-state index in [9.17, 15) is 4.79 Å². The predicted molar refractivity (Wildman–Crippen MR) is 43.4 cm³/mol. The largest absolute Gasteiger partial charge is 0.464 e. The molecule has 0 radical (unpaired) electrons. The molecule has 11 heavy (non-hydrogen) atoms. The number of thioether (sulfide) groups is 1. The molecule has 1 rings (SSSR count). The average Bonchev–Trinajstić information content (AvgIpc) is 2.28. The molecule has 0 aromatic carbocycles. The van der Waals surface area contributed by atoms with Crippen LogP contribution in [0.3, 0.4) is 0 Å². The van der Waals surface area contributed by atoms with Gasteiger partial charge in [-0.25, -0.2) is 4.79 Å². The summed E-state index contributed by atoms with van der Waals surface area (Å²) in [6.07, 6.45) is 0. The molecule has 1 atom stereocenters. The minimum Gasteiger partial charge on any atom is -0.464 e. The third-order valence-corrected chi connectivity index (χ3v) is 2.26. The summed E-state index contributed by atoms with van der Waals surface area (Å²) in [5.41, 5.74) is 5.77. The number of hydrogen-bond donors (Lipinski definition) is 2. The molecule has 1 heterocycles. The van der Waals surface area contributed by atoms with Gasteiger partial charge in [0.1, 0.15) is 11.2 Å². The number of esters is 1. The fourth-order valence-corrected chi connectivity index (χ4v) is 1.65. The summed E-state index contributed by atoms with van der Waals surface area (Å²) in [7, 11) is 1.35. The molecule has 1 aliphatic rings. The first kappa shape index (κ1) is 8.42. The number of nitrogens with two attached hydrogens (primary N) is 1. The maximum atomic E-state index is 11.0. The van der Waals surface area contributed by atoms with Gasteiger partial charge in [0, 0.05) is 4.91 Å². The van der Waals surface area contributed by atoms with Crippen molar-refractivity contribution in [2.45, 2.75) is 12.4 Å². The molecule has 0 amide bonds. The minimum absolute atomic E-state index is 0.218. The Labute approximate surface area is 69.2 Å². The van der Waals surface area contributed by atoms with Gasteiger partial charge in [0.2, 0.25) is 0 Å². The van der Waals surface area contributed by atoms with E-state index in [1.54, 1.807) is 0 Å². The lowest BCUT2D eigenvalue weighted by Gasteiger charge is -2.04. The highest BCUT2D eigenvalue weighted by molar-refractivity contribution is 8.03. The Morgan fingerprint density at radius 2 is 2.45 bits per heavy atom. The fourth-order valence-electron chi connectivity index (χ4n) is 0.827. The molecule has 4 nitrogen and oxygen atoms in total. The van der Waals surface area contributed by atoms with Crippen molar-refractivity contribution in [2.24, 2.45) is 5.73 Å². The number of rotatable bonds is 1. The van der Waals surface area contributed by atoms with Gasteiger partial charge in [-0.05, 0) is 6.92 Å². The maximum absolute atomic E-state index is 11.0. The van der Waals surface area contributed by atoms with Crippen LogP contribution in [0.2, 0.25) is 0 Å². The van der Waals surface area contributed by atoms with Gasteiger partial charge in [-0.3, -0.25) is 0 Å². The minimum atomic E-state index is -0.358. The van der Waals surface area contributed by atoms with Crippen LogP contribution in [0.25, 0.3) is 0 Å². The predicted octanol–water partition coefficient (Wildman–Crippen LogP) is -0.0304. The highest BCUT2D eigenvalue weighted by Crippen LogP contribution is 2.26. The monoisotopic (exact) mass is 174 g/mol. The summed E-state index contributed by atoms with van der Waals surface area (Å²) in [4.78, 5) is 11.8. The van der Waals surface area contributed by atoms with E-state index in [2.05, 4.69) is 10.1 Å². The van der Waals surface area contributed by atoms with E-state index in [1.165, 1.54) is 18.9 Å². The van der Waals surface area contributed by atoms with Crippen LogP contribution in [0.15, 0.2) is 10.6 Å². The van der Waals surface area contributed by atoms with E-state index in [-0.39, 0.29) is 11.5 Å². The number of methoxy groups -OCH3 is 1. The molecule has 5 heteroatoms. The number of allylic oxidation sites excluding steroid dienone is 1. The van der Waals surface area contributed by atoms with E-state index in [1.807, 2.05) is 6.92 Å². The van der Waals surface area contributed by atoms with Crippen LogP contribution in [0.5, 0.6) is 0 Å². The molecule has 0 saturated heterocycles. The summed E-state index contributed by atoms with van der Waals surface area (Å²) in [5.74, 6) is -0.358. The van der Waals surface area contributed by atoms with Crippen LogP contribution in [-0.2, 0) is 9.53 Å².